The molecular formula is C22H19N5O3. The lowest BCUT2D eigenvalue weighted by molar-refractivity contribution is -0.116. The van der Waals surface area contributed by atoms with Gasteiger partial charge in [-0.15, -0.1) is 0 Å². The van der Waals surface area contributed by atoms with Gasteiger partial charge in [0.15, 0.2) is 5.78 Å². The van der Waals surface area contributed by atoms with E-state index in [-0.39, 0.29) is 11.7 Å². The van der Waals surface area contributed by atoms with E-state index < -0.39 is 12.0 Å². The molecule has 1 aromatic heterocycles. The van der Waals surface area contributed by atoms with Crippen LogP contribution in [-0.2, 0) is 9.53 Å². The van der Waals surface area contributed by atoms with Gasteiger partial charge in [0.05, 0.1) is 12.7 Å². The van der Waals surface area contributed by atoms with Crippen molar-refractivity contribution in [2.75, 3.05) is 12.4 Å². The van der Waals surface area contributed by atoms with Crippen LogP contribution in [0.4, 0.5) is 5.95 Å². The summed E-state index contributed by atoms with van der Waals surface area (Å²) in [7, 11) is 1.34. The van der Waals surface area contributed by atoms with Gasteiger partial charge in [-0.1, -0.05) is 47.6 Å². The van der Waals surface area contributed by atoms with E-state index in [2.05, 4.69) is 33.0 Å². The number of benzene rings is 2. The van der Waals surface area contributed by atoms with Crippen molar-refractivity contribution >= 4 is 17.7 Å². The third kappa shape index (κ3) is 2.97. The van der Waals surface area contributed by atoms with Crippen molar-refractivity contribution in [3.05, 3.63) is 82.6 Å². The second kappa shape index (κ2) is 7.22. The number of Topliss-reactive ketones (excluding diaryl/α,β-unsaturated/α-hetero) is 1. The molecule has 5 rings (SSSR count). The molecule has 8 heteroatoms. The summed E-state index contributed by atoms with van der Waals surface area (Å²) >= 11 is 0. The molecule has 30 heavy (non-hydrogen) atoms. The number of carbonyl (C=O) groups is 2. The van der Waals surface area contributed by atoms with Crippen molar-refractivity contribution in [3.8, 4) is 0 Å². The summed E-state index contributed by atoms with van der Waals surface area (Å²) in [5.41, 5.74) is 3.94. The zero-order valence-electron chi connectivity index (χ0n) is 16.3. The van der Waals surface area contributed by atoms with Crippen LogP contribution in [0, 0.1) is 0 Å². The highest BCUT2D eigenvalue weighted by Gasteiger charge is 2.39. The van der Waals surface area contributed by atoms with Crippen molar-refractivity contribution < 1.29 is 14.3 Å². The summed E-state index contributed by atoms with van der Waals surface area (Å²) in [6, 6.07) is 16.6. The molecule has 3 aromatic rings. The third-order valence-electron chi connectivity index (χ3n) is 5.70. The van der Waals surface area contributed by atoms with Crippen LogP contribution in [0.5, 0.6) is 0 Å². The second-order valence-electron chi connectivity index (χ2n) is 7.42. The smallest absolute Gasteiger partial charge is 0.337 e. The predicted molar refractivity (Wildman–Crippen MR) is 108 cm³/mol. The number of esters is 1. The van der Waals surface area contributed by atoms with Gasteiger partial charge in [0.2, 0.25) is 5.95 Å². The highest BCUT2D eigenvalue weighted by atomic mass is 16.5. The Balaban J connectivity index is 1.56. The maximum atomic E-state index is 13.3. The zero-order valence-corrected chi connectivity index (χ0v) is 16.3. The normalized spacial score (nSPS) is 20.2. The summed E-state index contributed by atoms with van der Waals surface area (Å²) in [5.74, 6) is 0.266. The zero-order chi connectivity index (χ0) is 20.7. The lowest BCUT2D eigenvalue weighted by atomic mass is 9.78. The third-order valence-corrected chi connectivity index (χ3v) is 5.70. The Hall–Kier alpha value is -3.81. The Bertz CT molecular complexity index is 1150. The number of nitrogens with one attached hydrogen (secondary N) is 1. The fraction of sp³-hybridized carbons (Fsp3) is 0.227. The molecule has 0 saturated heterocycles. The first-order chi connectivity index (χ1) is 14.7. The molecule has 1 N–H and O–H groups in total. The molecule has 1 aliphatic heterocycles. The fourth-order valence-corrected chi connectivity index (χ4v) is 4.26. The van der Waals surface area contributed by atoms with Crippen LogP contribution in [0.15, 0.2) is 65.9 Å². The molecule has 0 bridgehead atoms. The molecule has 2 aromatic carbocycles. The molecule has 0 fully saturated rings. The van der Waals surface area contributed by atoms with Gasteiger partial charge in [0, 0.05) is 17.7 Å². The van der Waals surface area contributed by atoms with Crippen LogP contribution >= 0.6 is 0 Å². The van der Waals surface area contributed by atoms with Crippen LogP contribution in [-0.4, -0.2) is 39.1 Å². The number of ether oxygens (including phenoxy) is 1. The monoisotopic (exact) mass is 401 g/mol. The van der Waals surface area contributed by atoms with Crippen molar-refractivity contribution in [2.24, 2.45) is 0 Å². The number of hydrogen-bond donors (Lipinski definition) is 1. The minimum atomic E-state index is -0.442. The quantitative estimate of drug-likeness (QED) is 0.674. The first-order valence-corrected chi connectivity index (χ1v) is 9.70. The molecule has 0 spiro atoms. The Morgan fingerprint density at radius 3 is 2.57 bits per heavy atom. The number of rotatable bonds is 3. The van der Waals surface area contributed by atoms with Gasteiger partial charge in [-0.2, -0.15) is 4.68 Å². The number of methoxy groups -OCH3 is 1. The van der Waals surface area contributed by atoms with Gasteiger partial charge < -0.3 is 10.1 Å². The van der Waals surface area contributed by atoms with Crippen LogP contribution < -0.4 is 5.32 Å². The SMILES string of the molecule is COC(=O)c1ccc([C@@H]2C3=C(C[C@H](c4ccccc4)CC3=O)Nc3nnnn32)cc1. The second-order valence-corrected chi connectivity index (χ2v) is 7.42. The van der Waals surface area contributed by atoms with Gasteiger partial charge in [0.1, 0.15) is 6.04 Å². The van der Waals surface area contributed by atoms with Gasteiger partial charge in [-0.3, -0.25) is 4.79 Å². The lowest BCUT2D eigenvalue weighted by Gasteiger charge is -2.34. The highest BCUT2D eigenvalue weighted by molar-refractivity contribution is 6.00. The Morgan fingerprint density at radius 2 is 1.83 bits per heavy atom. The molecule has 2 heterocycles. The van der Waals surface area contributed by atoms with Crippen molar-refractivity contribution in [2.45, 2.75) is 24.8 Å². The average Bonchev–Trinajstić information content (AvgIpc) is 3.26. The standard InChI is InChI=1S/C22H19N5O3/c1-30-21(29)15-9-7-14(8-10-15)20-19-17(23-22-24-25-26-27(20)22)11-16(12-18(19)28)13-5-3-2-4-6-13/h2-10,16,20H,11-12H2,1H3,(H,23,24,26)/t16-,20+/m0/s1. The molecule has 0 unspecified atom stereocenters. The summed E-state index contributed by atoms with van der Waals surface area (Å²) < 4.78 is 6.39. The van der Waals surface area contributed by atoms with E-state index in [0.29, 0.717) is 29.9 Å². The lowest BCUT2D eigenvalue weighted by Crippen LogP contribution is -2.33. The average molecular weight is 401 g/mol. The van der Waals surface area contributed by atoms with E-state index >= 15 is 0 Å². The number of aromatic nitrogens is 4. The van der Waals surface area contributed by atoms with Gasteiger partial charge >= 0.3 is 5.97 Å². The van der Waals surface area contributed by atoms with Gasteiger partial charge in [0.25, 0.3) is 0 Å². The van der Waals surface area contributed by atoms with Crippen LogP contribution in [0.1, 0.15) is 46.3 Å². The van der Waals surface area contributed by atoms with Crippen molar-refractivity contribution in [1.82, 2.24) is 20.2 Å². The van der Waals surface area contributed by atoms with Crippen LogP contribution in [0.3, 0.4) is 0 Å². The largest absolute Gasteiger partial charge is 0.465 e. The number of tetrazole rings is 1. The molecule has 0 saturated carbocycles. The van der Waals surface area contributed by atoms with Crippen LogP contribution in [0.25, 0.3) is 0 Å². The summed E-state index contributed by atoms with van der Waals surface area (Å²) in [6.45, 7) is 0. The topological polar surface area (TPSA) is 99.0 Å². The maximum Gasteiger partial charge on any atom is 0.337 e. The Kier molecular flexibility index (Phi) is 4.39. The number of nitrogens with zero attached hydrogens (tertiary/aromatic N) is 4. The van der Waals surface area contributed by atoms with E-state index in [1.54, 1.807) is 16.8 Å². The molecule has 150 valence electrons. The van der Waals surface area contributed by atoms with E-state index in [0.717, 1.165) is 16.8 Å². The summed E-state index contributed by atoms with van der Waals surface area (Å²) in [5, 5.41) is 15.2. The highest BCUT2D eigenvalue weighted by Crippen LogP contribution is 2.43. The molecule has 2 aliphatic rings. The fourth-order valence-electron chi connectivity index (χ4n) is 4.26. The maximum absolute atomic E-state index is 13.3. The molecular weight excluding hydrogens is 382 g/mol. The molecule has 2 atom stereocenters. The van der Waals surface area contributed by atoms with Crippen molar-refractivity contribution in [1.29, 1.82) is 0 Å². The number of carbonyl (C=O) groups excluding carboxylic acids is 2. The first-order valence-electron chi connectivity index (χ1n) is 9.70. The van der Waals surface area contributed by atoms with Crippen LogP contribution in [0.2, 0.25) is 0 Å². The number of allylic oxidation sites excluding steroid dienone is 2. The van der Waals surface area contributed by atoms with E-state index in [1.807, 2.05) is 30.3 Å². The number of ketones is 1. The molecule has 0 amide bonds. The number of hydrogen-bond acceptors (Lipinski definition) is 7. The van der Waals surface area contributed by atoms with Gasteiger partial charge in [-0.25, -0.2) is 4.79 Å². The molecule has 1 aliphatic carbocycles. The molecule has 8 nitrogen and oxygen atoms in total. The minimum Gasteiger partial charge on any atom is -0.465 e. The Labute approximate surface area is 172 Å². The number of fused-ring (bicyclic) bond motifs is 1. The van der Waals surface area contributed by atoms with E-state index in [1.165, 1.54) is 7.11 Å². The summed E-state index contributed by atoms with van der Waals surface area (Å²) in [4.78, 5) is 25.1. The predicted octanol–water partition coefficient (Wildman–Crippen LogP) is 2.88. The molecule has 0 radical (unpaired) electrons. The number of anilines is 1. The minimum absolute atomic E-state index is 0.0702. The van der Waals surface area contributed by atoms with E-state index in [4.69, 9.17) is 4.74 Å². The van der Waals surface area contributed by atoms with E-state index in [9.17, 15) is 9.59 Å². The first kappa shape index (κ1) is 18.2. The summed E-state index contributed by atoms with van der Waals surface area (Å²) in [6.07, 6.45) is 1.13. The Morgan fingerprint density at radius 1 is 1.07 bits per heavy atom. The van der Waals surface area contributed by atoms with Gasteiger partial charge in [-0.05, 0) is 46.0 Å². The van der Waals surface area contributed by atoms with Crippen molar-refractivity contribution in [3.63, 3.8) is 0 Å².